The van der Waals surface area contributed by atoms with Crippen LogP contribution in [0.15, 0.2) is 28.1 Å². The van der Waals surface area contributed by atoms with Gasteiger partial charge in [-0.1, -0.05) is 18.2 Å². The molecule has 0 N–H and O–H groups in total. The highest BCUT2D eigenvalue weighted by Crippen LogP contribution is 2.38. The smallest absolute Gasteiger partial charge is 0.0928 e. The molecule has 3 heteroatoms. The molecule has 0 radical (unpaired) electrons. The van der Waals surface area contributed by atoms with Crippen molar-refractivity contribution in [2.24, 2.45) is 0 Å². The number of thiophene rings is 1. The van der Waals surface area contributed by atoms with E-state index in [0.29, 0.717) is 0 Å². The first-order chi connectivity index (χ1) is 9.15. The van der Waals surface area contributed by atoms with Crippen molar-refractivity contribution in [3.63, 3.8) is 0 Å². The van der Waals surface area contributed by atoms with Crippen LogP contribution in [0.3, 0.4) is 0 Å². The third kappa shape index (κ3) is 2.76. The van der Waals surface area contributed by atoms with Crippen molar-refractivity contribution < 1.29 is 0 Å². The Morgan fingerprint density at radius 1 is 1.16 bits per heavy atom. The second-order valence-electron chi connectivity index (χ2n) is 5.20. The Morgan fingerprint density at radius 3 is 2.58 bits per heavy atom. The van der Waals surface area contributed by atoms with E-state index < -0.39 is 0 Å². The van der Waals surface area contributed by atoms with Gasteiger partial charge >= 0.3 is 0 Å². The number of benzene rings is 1. The Bertz CT molecular complexity index is 583. The monoisotopic (exact) mass is 354 g/mol. The van der Waals surface area contributed by atoms with Crippen LogP contribution in [-0.4, -0.2) is 0 Å². The predicted octanol–water partition coefficient (Wildman–Crippen LogP) is 6.03. The maximum absolute atomic E-state index is 6.65. The zero-order valence-electron chi connectivity index (χ0n) is 10.9. The lowest BCUT2D eigenvalue weighted by Crippen LogP contribution is -2.03. The summed E-state index contributed by atoms with van der Waals surface area (Å²) in [5.41, 5.74) is 5.52. The first-order valence-electron chi connectivity index (χ1n) is 6.67. The van der Waals surface area contributed by atoms with Gasteiger partial charge in [-0.25, -0.2) is 0 Å². The lowest BCUT2D eigenvalue weighted by atomic mass is 9.90. The molecule has 1 atom stereocenters. The normalized spacial score (nSPS) is 16.2. The SMILES string of the molecule is Cc1cc(C(Cl)c2ccc3c(c2)CCCC3)sc1Br. The highest BCUT2D eigenvalue weighted by Gasteiger charge is 2.17. The maximum Gasteiger partial charge on any atom is 0.0928 e. The van der Waals surface area contributed by atoms with E-state index in [2.05, 4.69) is 47.1 Å². The van der Waals surface area contributed by atoms with Gasteiger partial charge in [-0.15, -0.1) is 22.9 Å². The fourth-order valence-electron chi connectivity index (χ4n) is 2.68. The summed E-state index contributed by atoms with van der Waals surface area (Å²) in [6, 6.07) is 8.97. The Kier molecular flexibility index (Phi) is 4.02. The maximum atomic E-state index is 6.65. The van der Waals surface area contributed by atoms with Crippen molar-refractivity contribution in [1.82, 2.24) is 0 Å². The molecule has 0 bridgehead atoms. The van der Waals surface area contributed by atoms with Crippen molar-refractivity contribution >= 4 is 38.9 Å². The van der Waals surface area contributed by atoms with Crippen LogP contribution in [0, 0.1) is 6.92 Å². The lowest BCUT2D eigenvalue weighted by Gasteiger charge is -2.18. The van der Waals surface area contributed by atoms with Crippen molar-refractivity contribution in [1.29, 1.82) is 0 Å². The van der Waals surface area contributed by atoms with E-state index in [-0.39, 0.29) is 5.38 Å². The van der Waals surface area contributed by atoms with Crippen LogP contribution >= 0.6 is 38.9 Å². The average Bonchev–Trinajstić information content (AvgIpc) is 2.77. The highest BCUT2D eigenvalue weighted by atomic mass is 79.9. The molecule has 3 rings (SSSR count). The summed E-state index contributed by atoms with van der Waals surface area (Å²) in [6.45, 7) is 2.11. The van der Waals surface area contributed by atoms with E-state index >= 15 is 0 Å². The van der Waals surface area contributed by atoms with Crippen molar-refractivity contribution in [3.05, 3.63) is 55.2 Å². The molecule has 1 unspecified atom stereocenters. The summed E-state index contributed by atoms with van der Waals surface area (Å²) in [7, 11) is 0. The minimum absolute atomic E-state index is 0.0257. The van der Waals surface area contributed by atoms with E-state index in [4.69, 9.17) is 11.6 Å². The fraction of sp³-hybridized carbons (Fsp3) is 0.375. The summed E-state index contributed by atoms with van der Waals surface area (Å²) in [5.74, 6) is 0. The van der Waals surface area contributed by atoms with Crippen LogP contribution in [0.5, 0.6) is 0 Å². The topological polar surface area (TPSA) is 0 Å². The van der Waals surface area contributed by atoms with E-state index in [0.717, 1.165) is 0 Å². The molecule has 0 saturated carbocycles. The molecule has 1 aromatic carbocycles. The van der Waals surface area contributed by atoms with Gasteiger partial charge in [-0.05, 0) is 76.9 Å². The summed E-state index contributed by atoms with van der Waals surface area (Å²) in [6.07, 6.45) is 5.08. The zero-order valence-corrected chi connectivity index (χ0v) is 14.0. The van der Waals surface area contributed by atoms with Crippen LogP contribution in [0.25, 0.3) is 0 Å². The number of hydrogen-bond acceptors (Lipinski definition) is 1. The molecule has 1 aromatic heterocycles. The van der Waals surface area contributed by atoms with Gasteiger partial charge in [0.15, 0.2) is 0 Å². The molecule has 0 amide bonds. The van der Waals surface area contributed by atoms with Crippen molar-refractivity contribution in [2.45, 2.75) is 38.0 Å². The third-order valence-electron chi connectivity index (χ3n) is 3.79. The van der Waals surface area contributed by atoms with Gasteiger partial charge in [0.25, 0.3) is 0 Å². The standard InChI is InChI=1S/C16H16BrClS/c1-10-8-14(19-16(10)17)15(18)13-7-6-11-4-2-3-5-12(11)9-13/h6-9,15H,2-5H2,1H3. The van der Waals surface area contributed by atoms with Gasteiger partial charge in [-0.3, -0.25) is 0 Å². The molecule has 0 aliphatic heterocycles. The number of alkyl halides is 1. The minimum atomic E-state index is -0.0257. The van der Waals surface area contributed by atoms with E-state index in [1.165, 1.54) is 56.6 Å². The summed E-state index contributed by atoms with van der Waals surface area (Å²) in [5, 5.41) is -0.0257. The highest BCUT2D eigenvalue weighted by molar-refractivity contribution is 9.11. The van der Waals surface area contributed by atoms with Gasteiger partial charge in [0.05, 0.1) is 9.16 Å². The van der Waals surface area contributed by atoms with Crippen LogP contribution in [0.2, 0.25) is 0 Å². The second kappa shape index (κ2) is 5.59. The Morgan fingerprint density at radius 2 is 1.89 bits per heavy atom. The first kappa shape index (κ1) is 13.7. The quantitative estimate of drug-likeness (QED) is 0.577. The largest absolute Gasteiger partial charge is 0.131 e. The average molecular weight is 356 g/mol. The molecule has 100 valence electrons. The van der Waals surface area contributed by atoms with Crippen molar-refractivity contribution in [3.8, 4) is 0 Å². The molecule has 1 aliphatic carbocycles. The third-order valence-corrected chi connectivity index (χ3v) is 6.61. The molecule has 0 nitrogen and oxygen atoms in total. The van der Waals surface area contributed by atoms with Crippen LogP contribution in [0.4, 0.5) is 0 Å². The van der Waals surface area contributed by atoms with E-state index in [1.807, 2.05) is 0 Å². The van der Waals surface area contributed by atoms with Gasteiger partial charge < -0.3 is 0 Å². The van der Waals surface area contributed by atoms with E-state index in [9.17, 15) is 0 Å². The Balaban J connectivity index is 1.93. The summed E-state index contributed by atoms with van der Waals surface area (Å²) < 4.78 is 1.19. The van der Waals surface area contributed by atoms with Gasteiger partial charge in [0.1, 0.15) is 0 Å². The number of hydrogen-bond donors (Lipinski definition) is 0. The molecular weight excluding hydrogens is 340 g/mol. The Labute approximate surface area is 131 Å². The number of fused-ring (bicyclic) bond motifs is 1. The molecule has 1 heterocycles. The van der Waals surface area contributed by atoms with Crippen LogP contribution < -0.4 is 0 Å². The number of aryl methyl sites for hydroxylation is 3. The van der Waals surface area contributed by atoms with Gasteiger partial charge in [-0.2, -0.15) is 0 Å². The molecule has 19 heavy (non-hydrogen) atoms. The summed E-state index contributed by atoms with van der Waals surface area (Å²) in [4.78, 5) is 1.22. The van der Waals surface area contributed by atoms with Gasteiger partial charge in [0, 0.05) is 4.88 Å². The lowest BCUT2D eigenvalue weighted by molar-refractivity contribution is 0.684. The molecular formula is C16H16BrClS. The van der Waals surface area contributed by atoms with Gasteiger partial charge in [0.2, 0.25) is 0 Å². The zero-order chi connectivity index (χ0) is 13.4. The molecule has 0 spiro atoms. The molecule has 0 fully saturated rings. The predicted molar refractivity (Wildman–Crippen MR) is 87.5 cm³/mol. The fourth-order valence-corrected chi connectivity index (χ4v) is 4.59. The minimum Gasteiger partial charge on any atom is -0.131 e. The van der Waals surface area contributed by atoms with Crippen molar-refractivity contribution in [2.75, 3.05) is 0 Å². The second-order valence-corrected chi connectivity index (χ2v) is 8.04. The number of halogens is 2. The van der Waals surface area contributed by atoms with Crippen LogP contribution in [-0.2, 0) is 12.8 Å². The molecule has 2 aromatic rings. The van der Waals surface area contributed by atoms with E-state index in [1.54, 1.807) is 11.3 Å². The molecule has 1 aliphatic rings. The Hall–Kier alpha value is -0.310. The van der Waals surface area contributed by atoms with Crippen LogP contribution in [0.1, 0.15) is 45.3 Å². The molecule has 0 saturated heterocycles. The first-order valence-corrected chi connectivity index (χ1v) is 8.71. The summed E-state index contributed by atoms with van der Waals surface area (Å²) >= 11 is 12.0. The number of rotatable bonds is 2.